The second-order valence-electron chi connectivity index (χ2n) is 3.62. The van der Waals surface area contributed by atoms with Gasteiger partial charge in [-0.05, 0) is 29.8 Å². The lowest BCUT2D eigenvalue weighted by molar-refractivity contribution is 0.0692. The van der Waals surface area contributed by atoms with Gasteiger partial charge in [0.1, 0.15) is 5.82 Å². The van der Waals surface area contributed by atoms with Crippen LogP contribution in [0, 0.1) is 5.82 Å². The molecule has 0 bridgehead atoms. The third-order valence-electron chi connectivity index (χ3n) is 2.38. The zero-order valence-electron chi connectivity index (χ0n) is 8.93. The molecular formula is C13H10FNO2. The van der Waals surface area contributed by atoms with Gasteiger partial charge in [0.05, 0.1) is 5.56 Å². The summed E-state index contributed by atoms with van der Waals surface area (Å²) in [4.78, 5) is 14.8. The lowest BCUT2D eigenvalue weighted by atomic mass is 10.1. The first-order valence-electron chi connectivity index (χ1n) is 5.08. The molecule has 86 valence electrons. The van der Waals surface area contributed by atoms with Crippen molar-refractivity contribution in [2.24, 2.45) is 0 Å². The van der Waals surface area contributed by atoms with E-state index < -0.39 is 11.8 Å². The molecule has 1 heterocycles. The van der Waals surface area contributed by atoms with Crippen LogP contribution >= 0.6 is 0 Å². The molecule has 0 aliphatic carbocycles. The fourth-order valence-electron chi connectivity index (χ4n) is 1.55. The van der Waals surface area contributed by atoms with E-state index >= 15 is 0 Å². The maximum absolute atomic E-state index is 13.4. The molecule has 0 spiro atoms. The van der Waals surface area contributed by atoms with Gasteiger partial charge in [0.15, 0.2) is 0 Å². The van der Waals surface area contributed by atoms with Gasteiger partial charge in [-0.25, -0.2) is 9.18 Å². The molecular weight excluding hydrogens is 221 g/mol. The summed E-state index contributed by atoms with van der Waals surface area (Å²) in [5, 5.41) is 8.69. The molecule has 0 atom stereocenters. The second-order valence-corrected chi connectivity index (χ2v) is 3.62. The lowest BCUT2D eigenvalue weighted by Crippen LogP contribution is -2.01. The van der Waals surface area contributed by atoms with Crippen molar-refractivity contribution in [2.75, 3.05) is 0 Å². The van der Waals surface area contributed by atoms with E-state index in [0.717, 1.165) is 5.69 Å². The molecule has 0 aliphatic heterocycles. The van der Waals surface area contributed by atoms with E-state index in [9.17, 15) is 9.18 Å². The Morgan fingerprint density at radius 2 is 2.12 bits per heavy atom. The Bertz CT molecular complexity index is 540. The smallest absolute Gasteiger partial charge is 0.338 e. The van der Waals surface area contributed by atoms with Crippen molar-refractivity contribution in [3.05, 3.63) is 65.2 Å². The summed E-state index contributed by atoms with van der Waals surface area (Å²) in [5.74, 6) is -1.97. The minimum absolute atomic E-state index is 0.310. The molecule has 0 unspecified atom stereocenters. The van der Waals surface area contributed by atoms with Crippen molar-refractivity contribution >= 4 is 5.97 Å². The molecule has 1 aromatic carbocycles. The molecule has 0 fully saturated rings. The Hall–Kier alpha value is -2.23. The molecule has 2 aromatic rings. The van der Waals surface area contributed by atoms with Gasteiger partial charge in [-0.1, -0.05) is 12.1 Å². The Balaban J connectivity index is 2.24. The van der Waals surface area contributed by atoms with Gasteiger partial charge in [0.2, 0.25) is 0 Å². The van der Waals surface area contributed by atoms with Gasteiger partial charge < -0.3 is 5.11 Å². The van der Waals surface area contributed by atoms with Crippen molar-refractivity contribution < 1.29 is 14.3 Å². The molecule has 0 saturated carbocycles. The number of aromatic nitrogens is 1. The van der Waals surface area contributed by atoms with Crippen LogP contribution in [0.5, 0.6) is 0 Å². The van der Waals surface area contributed by atoms with E-state index in [1.807, 2.05) is 12.1 Å². The third kappa shape index (κ3) is 2.66. The minimum atomic E-state index is -1.26. The van der Waals surface area contributed by atoms with Crippen LogP contribution in [0.1, 0.15) is 21.6 Å². The van der Waals surface area contributed by atoms with Crippen molar-refractivity contribution in [2.45, 2.75) is 6.42 Å². The predicted molar refractivity (Wildman–Crippen MR) is 60.4 cm³/mol. The summed E-state index contributed by atoms with van der Waals surface area (Å²) in [5.41, 5.74) is 1.20. The first-order valence-corrected chi connectivity index (χ1v) is 5.08. The van der Waals surface area contributed by atoms with E-state index in [1.54, 1.807) is 18.3 Å². The largest absolute Gasteiger partial charge is 0.478 e. The van der Waals surface area contributed by atoms with Crippen molar-refractivity contribution in [3.8, 4) is 0 Å². The van der Waals surface area contributed by atoms with Gasteiger partial charge in [-0.3, -0.25) is 4.98 Å². The van der Waals surface area contributed by atoms with Gasteiger partial charge >= 0.3 is 5.97 Å². The zero-order valence-corrected chi connectivity index (χ0v) is 8.93. The molecule has 0 amide bonds. The first-order chi connectivity index (χ1) is 8.16. The van der Waals surface area contributed by atoms with Gasteiger partial charge in [-0.2, -0.15) is 0 Å². The van der Waals surface area contributed by atoms with Gasteiger partial charge in [-0.15, -0.1) is 0 Å². The maximum atomic E-state index is 13.4. The molecule has 0 aliphatic rings. The number of pyridine rings is 1. The molecule has 2 rings (SSSR count). The zero-order chi connectivity index (χ0) is 12.3. The number of aromatic carboxylic acids is 1. The number of nitrogens with zero attached hydrogens (tertiary/aromatic N) is 1. The number of carboxylic acids is 1. The number of hydrogen-bond donors (Lipinski definition) is 1. The van der Waals surface area contributed by atoms with Crippen molar-refractivity contribution in [1.82, 2.24) is 4.98 Å². The highest BCUT2D eigenvalue weighted by Gasteiger charge is 2.10. The number of carboxylic acid groups (broad SMARTS) is 1. The number of benzene rings is 1. The average Bonchev–Trinajstić information content (AvgIpc) is 2.30. The Morgan fingerprint density at radius 3 is 2.71 bits per heavy atom. The van der Waals surface area contributed by atoms with Crippen molar-refractivity contribution in [3.63, 3.8) is 0 Å². The van der Waals surface area contributed by atoms with Crippen molar-refractivity contribution in [1.29, 1.82) is 0 Å². The number of halogens is 1. The summed E-state index contributed by atoms with van der Waals surface area (Å²) < 4.78 is 13.4. The van der Waals surface area contributed by atoms with Gasteiger partial charge in [0.25, 0.3) is 0 Å². The average molecular weight is 231 g/mol. The van der Waals surface area contributed by atoms with E-state index in [4.69, 9.17) is 5.11 Å². The third-order valence-corrected chi connectivity index (χ3v) is 2.38. The Labute approximate surface area is 97.6 Å². The highest BCUT2D eigenvalue weighted by Crippen LogP contribution is 2.13. The molecule has 3 nitrogen and oxygen atoms in total. The first kappa shape index (κ1) is 11.3. The summed E-state index contributed by atoms with van der Waals surface area (Å²) in [6.45, 7) is 0. The van der Waals surface area contributed by atoms with Crippen LogP contribution in [0.25, 0.3) is 0 Å². The molecule has 4 heteroatoms. The predicted octanol–water partition coefficient (Wildman–Crippen LogP) is 2.51. The molecule has 0 radical (unpaired) electrons. The van der Waals surface area contributed by atoms with E-state index in [0.29, 0.717) is 12.0 Å². The van der Waals surface area contributed by atoms with Crippen LogP contribution < -0.4 is 0 Å². The lowest BCUT2D eigenvalue weighted by Gasteiger charge is -2.03. The van der Waals surface area contributed by atoms with Gasteiger partial charge in [0, 0.05) is 18.3 Å². The molecule has 1 N–H and O–H groups in total. The normalized spacial score (nSPS) is 10.2. The number of carbonyl (C=O) groups is 1. The fourth-order valence-corrected chi connectivity index (χ4v) is 1.55. The van der Waals surface area contributed by atoms with Crippen LogP contribution in [-0.2, 0) is 6.42 Å². The Morgan fingerprint density at radius 1 is 1.29 bits per heavy atom. The van der Waals surface area contributed by atoms with Crippen LogP contribution in [0.3, 0.4) is 0 Å². The standard InChI is InChI=1S/C13H10FNO2/c14-12-8-9(4-5-11(12)13(16)17)7-10-3-1-2-6-15-10/h1-6,8H,7H2,(H,16,17). The van der Waals surface area contributed by atoms with Crippen LogP contribution in [0.4, 0.5) is 4.39 Å². The van der Waals surface area contributed by atoms with Crippen LogP contribution in [0.15, 0.2) is 42.6 Å². The summed E-state index contributed by atoms with van der Waals surface area (Å²) >= 11 is 0. The SMILES string of the molecule is O=C(O)c1ccc(Cc2ccccn2)cc1F. The van der Waals surface area contributed by atoms with Crippen LogP contribution in [-0.4, -0.2) is 16.1 Å². The summed E-state index contributed by atoms with van der Waals surface area (Å²) in [6, 6.07) is 9.60. The summed E-state index contributed by atoms with van der Waals surface area (Å²) in [6.07, 6.45) is 2.15. The highest BCUT2D eigenvalue weighted by atomic mass is 19.1. The molecule has 1 aromatic heterocycles. The van der Waals surface area contributed by atoms with Crippen LogP contribution in [0.2, 0.25) is 0 Å². The van der Waals surface area contributed by atoms with E-state index in [1.165, 1.54) is 12.1 Å². The fraction of sp³-hybridized carbons (Fsp3) is 0.0769. The monoisotopic (exact) mass is 231 g/mol. The van der Waals surface area contributed by atoms with E-state index in [2.05, 4.69) is 4.98 Å². The molecule has 0 saturated heterocycles. The minimum Gasteiger partial charge on any atom is -0.478 e. The van der Waals surface area contributed by atoms with E-state index in [-0.39, 0.29) is 5.56 Å². The quantitative estimate of drug-likeness (QED) is 0.882. The number of rotatable bonds is 3. The second kappa shape index (κ2) is 4.74. The Kier molecular flexibility index (Phi) is 3.14. The molecule has 17 heavy (non-hydrogen) atoms. The topological polar surface area (TPSA) is 50.2 Å². The maximum Gasteiger partial charge on any atom is 0.338 e. The highest BCUT2D eigenvalue weighted by molar-refractivity contribution is 5.87. The number of hydrogen-bond acceptors (Lipinski definition) is 2. The summed E-state index contributed by atoms with van der Waals surface area (Å²) in [7, 11) is 0.